The SMILES string of the molecule is COc1ccccc1CCC(=O)N1CCCC(CN2CCc3cc(-c4cn[nH]c4)ccc32)CC1. The summed E-state index contributed by atoms with van der Waals surface area (Å²) in [5.74, 6) is 1.77. The number of para-hydroxylation sites is 1. The van der Waals surface area contributed by atoms with E-state index in [0.717, 1.165) is 68.7 Å². The predicted molar refractivity (Wildman–Crippen MR) is 135 cm³/mol. The molecule has 0 saturated carbocycles. The molecule has 1 aromatic heterocycles. The first-order valence-electron chi connectivity index (χ1n) is 12.5. The van der Waals surface area contributed by atoms with Crippen LogP contribution in [0.3, 0.4) is 0 Å². The lowest BCUT2D eigenvalue weighted by molar-refractivity contribution is -0.131. The van der Waals surface area contributed by atoms with Crippen LogP contribution in [0, 0.1) is 5.92 Å². The van der Waals surface area contributed by atoms with Crippen molar-refractivity contribution in [2.75, 3.05) is 38.2 Å². The summed E-state index contributed by atoms with van der Waals surface area (Å²) in [7, 11) is 1.69. The van der Waals surface area contributed by atoms with Crippen LogP contribution < -0.4 is 9.64 Å². The van der Waals surface area contributed by atoms with E-state index in [2.05, 4.69) is 44.3 Å². The monoisotopic (exact) mass is 458 g/mol. The van der Waals surface area contributed by atoms with Gasteiger partial charge in [-0.2, -0.15) is 5.10 Å². The molecule has 2 aromatic carbocycles. The molecule has 6 heteroatoms. The maximum Gasteiger partial charge on any atom is 0.222 e. The molecule has 3 heterocycles. The summed E-state index contributed by atoms with van der Waals surface area (Å²) in [6, 6.07) is 14.8. The molecule has 1 fully saturated rings. The molecule has 178 valence electrons. The molecular weight excluding hydrogens is 424 g/mol. The standard InChI is InChI=1S/C28H34N4O2/c1-34-27-7-3-2-6-22(27)9-11-28(33)31-14-4-5-21(12-15-31)20-32-16-13-24-17-23(8-10-26(24)32)25-18-29-30-19-25/h2-3,6-8,10,17-19,21H,4-5,9,11-16,20H2,1H3,(H,29,30). The average Bonchev–Trinajstić information content (AvgIpc) is 3.48. The van der Waals surface area contributed by atoms with Crippen LogP contribution in [0.15, 0.2) is 54.9 Å². The molecule has 0 bridgehead atoms. The van der Waals surface area contributed by atoms with E-state index in [4.69, 9.17) is 4.74 Å². The number of amides is 1. The van der Waals surface area contributed by atoms with Gasteiger partial charge in [-0.05, 0) is 72.9 Å². The van der Waals surface area contributed by atoms with Crippen LogP contribution in [0.25, 0.3) is 11.1 Å². The summed E-state index contributed by atoms with van der Waals surface area (Å²) < 4.78 is 5.44. The van der Waals surface area contributed by atoms with Gasteiger partial charge in [0.05, 0.1) is 13.3 Å². The van der Waals surface area contributed by atoms with Crippen molar-refractivity contribution in [2.45, 2.75) is 38.5 Å². The predicted octanol–water partition coefficient (Wildman–Crippen LogP) is 4.71. The molecule has 6 nitrogen and oxygen atoms in total. The number of nitrogens with zero attached hydrogens (tertiary/aromatic N) is 3. The van der Waals surface area contributed by atoms with Crippen molar-refractivity contribution in [1.82, 2.24) is 15.1 Å². The van der Waals surface area contributed by atoms with E-state index in [-0.39, 0.29) is 5.91 Å². The van der Waals surface area contributed by atoms with Gasteiger partial charge in [0.15, 0.2) is 0 Å². The van der Waals surface area contributed by atoms with Gasteiger partial charge in [0, 0.05) is 50.0 Å². The molecule has 1 N–H and O–H groups in total. The number of aromatic amines is 1. The second-order valence-corrected chi connectivity index (χ2v) is 9.52. The number of likely N-dealkylation sites (tertiary alicyclic amines) is 1. The topological polar surface area (TPSA) is 61.5 Å². The van der Waals surface area contributed by atoms with Gasteiger partial charge in [0.1, 0.15) is 5.75 Å². The fourth-order valence-electron chi connectivity index (χ4n) is 5.47. The number of ether oxygens (including phenoxy) is 1. The van der Waals surface area contributed by atoms with E-state index in [1.807, 2.05) is 30.6 Å². The minimum absolute atomic E-state index is 0.268. The number of aromatic nitrogens is 2. The van der Waals surface area contributed by atoms with Crippen LogP contribution >= 0.6 is 0 Å². The number of benzene rings is 2. The van der Waals surface area contributed by atoms with Gasteiger partial charge >= 0.3 is 0 Å². The van der Waals surface area contributed by atoms with Gasteiger partial charge < -0.3 is 14.5 Å². The van der Waals surface area contributed by atoms with E-state index < -0.39 is 0 Å². The Bertz CT molecular complexity index is 1110. The minimum Gasteiger partial charge on any atom is -0.496 e. The van der Waals surface area contributed by atoms with Crippen molar-refractivity contribution in [3.63, 3.8) is 0 Å². The van der Waals surface area contributed by atoms with E-state index in [1.165, 1.54) is 23.2 Å². The Morgan fingerprint density at radius 2 is 2.03 bits per heavy atom. The number of carbonyl (C=O) groups excluding carboxylic acids is 1. The molecule has 34 heavy (non-hydrogen) atoms. The van der Waals surface area contributed by atoms with Crippen molar-refractivity contribution in [3.8, 4) is 16.9 Å². The van der Waals surface area contributed by atoms with Gasteiger partial charge in [-0.15, -0.1) is 0 Å². The maximum absolute atomic E-state index is 12.9. The van der Waals surface area contributed by atoms with E-state index in [1.54, 1.807) is 7.11 Å². The molecule has 0 radical (unpaired) electrons. The molecule has 1 amide bonds. The number of carbonyl (C=O) groups is 1. The maximum atomic E-state index is 12.9. The fourth-order valence-corrected chi connectivity index (χ4v) is 5.47. The quantitative estimate of drug-likeness (QED) is 0.557. The summed E-state index contributed by atoms with van der Waals surface area (Å²) in [6.45, 7) is 3.92. The van der Waals surface area contributed by atoms with Crippen LogP contribution in [0.5, 0.6) is 5.75 Å². The van der Waals surface area contributed by atoms with Gasteiger partial charge in [-0.3, -0.25) is 9.89 Å². The molecule has 2 aliphatic heterocycles. The average molecular weight is 459 g/mol. The number of methoxy groups -OCH3 is 1. The zero-order valence-corrected chi connectivity index (χ0v) is 20.0. The lowest BCUT2D eigenvalue weighted by Crippen LogP contribution is -2.33. The second kappa shape index (κ2) is 10.3. The van der Waals surface area contributed by atoms with Crippen LogP contribution in [-0.4, -0.2) is 54.3 Å². The van der Waals surface area contributed by atoms with Crippen LogP contribution in [0.1, 0.15) is 36.8 Å². The molecule has 1 unspecified atom stereocenters. The summed E-state index contributed by atoms with van der Waals surface area (Å²) in [5.41, 5.74) is 6.28. The van der Waals surface area contributed by atoms with E-state index in [0.29, 0.717) is 12.3 Å². The molecule has 2 aliphatic rings. The van der Waals surface area contributed by atoms with Crippen LogP contribution in [0.2, 0.25) is 0 Å². The molecule has 3 aromatic rings. The lowest BCUT2D eigenvalue weighted by Gasteiger charge is -2.25. The summed E-state index contributed by atoms with van der Waals surface area (Å²) >= 11 is 0. The first-order valence-corrected chi connectivity index (χ1v) is 12.5. The van der Waals surface area contributed by atoms with Crippen molar-refractivity contribution < 1.29 is 9.53 Å². The number of fused-ring (bicyclic) bond motifs is 1. The lowest BCUT2D eigenvalue weighted by atomic mass is 10.00. The Morgan fingerprint density at radius 1 is 1.12 bits per heavy atom. The molecule has 5 rings (SSSR count). The third kappa shape index (κ3) is 4.96. The second-order valence-electron chi connectivity index (χ2n) is 9.52. The number of aryl methyl sites for hydroxylation is 1. The third-order valence-corrected chi connectivity index (χ3v) is 7.38. The summed E-state index contributed by atoms with van der Waals surface area (Å²) in [4.78, 5) is 17.6. The first-order chi connectivity index (χ1) is 16.7. The van der Waals surface area contributed by atoms with Crippen molar-refractivity contribution in [1.29, 1.82) is 0 Å². The molecular formula is C28H34N4O2. The normalized spacial score (nSPS) is 18.0. The fraction of sp³-hybridized carbons (Fsp3) is 0.429. The Balaban J connectivity index is 1.14. The molecule has 0 spiro atoms. The van der Waals surface area contributed by atoms with Crippen LogP contribution in [0.4, 0.5) is 5.69 Å². The highest BCUT2D eigenvalue weighted by Crippen LogP contribution is 2.33. The van der Waals surface area contributed by atoms with Crippen LogP contribution in [-0.2, 0) is 17.6 Å². The number of nitrogens with one attached hydrogen (secondary N) is 1. The first kappa shape index (κ1) is 22.5. The highest BCUT2D eigenvalue weighted by molar-refractivity contribution is 5.76. The summed E-state index contributed by atoms with van der Waals surface area (Å²) in [5, 5.41) is 6.98. The Morgan fingerprint density at radius 3 is 2.88 bits per heavy atom. The number of H-pyrrole nitrogens is 1. The smallest absolute Gasteiger partial charge is 0.222 e. The van der Waals surface area contributed by atoms with E-state index in [9.17, 15) is 4.79 Å². The largest absolute Gasteiger partial charge is 0.496 e. The Labute approximate surface area is 201 Å². The van der Waals surface area contributed by atoms with Crippen molar-refractivity contribution >= 4 is 11.6 Å². The number of anilines is 1. The zero-order valence-electron chi connectivity index (χ0n) is 20.0. The summed E-state index contributed by atoms with van der Waals surface area (Å²) in [6.07, 6.45) is 9.56. The molecule has 1 atom stereocenters. The van der Waals surface area contributed by atoms with Crippen molar-refractivity contribution in [3.05, 3.63) is 66.0 Å². The van der Waals surface area contributed by atoms with Crippen molar-refractivity contribution in [2.24, 2.45) is 5.92 Å². The van der Waals surface area contributed by atoms with Gasteiger partial charge in [0.25, 0.3) is 0 Å². The number of hydrogen-bond donors (Lipinski definition) is 1. The number of hydrogen-bond acceptors (Lipinski definition) is 4. The zero-order chi connectivity index (χ0) is 23.3. The van der Waals surface area contributed by atoms with Gasteiger partial charge in [0.2, 0.25) is 5.91 Å². The van der Waals surface area contributed by atoms with Gasteiger partial charge in [-0.25, -0.2) is 0 Å². The molecule has 0 aliphatic carbocycles. The number of rotatable bonds is 7. The highest BCUT2D eigenvalue weighted by atomic mass is 16.5. The Kier molecular flexibility index (Phi) is 6.84. The Hall–Kier alpha value is -3.28. The third-order valence-electron chi connectivity index (χ3n) is 7.38. The minimum atomic E-state index is 0.268. The highest BCUT2D eigenvalue weighted by Gasteiger charge is 2.26. The van der Waals surface area contributed by atoms with E-state index >= 15 is 0 Å². The molecule has 1 saturated heterocycles. The van der Waals surface area contributed by atoms with Gasteiger partial charge in [-0.1, -0.05) is 24.3 Å².